The normalized spacial score (nSPS) is 49.2. The van der Waals surface area contributed by atoms with Crippen molar-refractivity contribution in [3.8, 4) is 11.5 Å². The van der Waals surface area contributed by atoms with E-state index in [1.807, 2.05) is 6.07 Å². The molecule has 4 heteroatoms. The van der Waals surface area contributed by atoms with Crippen LogP contribution in [-0.2, 0) is 16.6 Å². The minimum atomic E-state index is -0.839. The fourth-order valence-electron chi connectivity index (χ4n) is 6.85. The van der Waals surface area contributed by atoms with Gasteiger partial charge in [-0.15, -0.1) is 0 Å². The maximum atomic E-state index is 12.6. The van der Waals surface area contributed by atoms with E-state index in [1.54, 1.807) is 6.07 Å². The van der Waals surface area contributed by atoms with Gasteiger partial charge in [0.05, 0.1) is 11.0 Å². The van der Waals surface area contributed by atoms with Crippen molar-refractivity contribution in [2.24, 2.45) is 11.3 Å². The molecule has 114 valence electrons. The van der Waals surface area contributed by atoms with Crippen LogP contribution >= 0.6 is 0 Å². The van der Waals surface area contributed by atoms with E-state index < -0.39 is 17.1 Å². The van der Waals surface area contributed by atoms with Gasteiger partial charge in [0.15, 0.2) is 23.4 Å². The number of phenols is 1. The van der Waals surface area contributed by atoms with Gasteiger partial charge in [0.1, 0.15) is 0 Å². The van der Waals surface area contributed by atoms with E-state index in [2.05, 4.69) is 0 Å². The van der Waals surface area contributed by atoms with Crippen LogP contribution in [0.1, 0.15) is 43.2 Å². The number of hydrogen-bond donors (Lipinski definition) is 2. The van der Waals surface area contributed by atoms with E-state index in [0.717, 1.165) is 31.2 Å². The number of hydrogen-bond acceptors (Lipinski definition) is 4. The van der Waals surface area contributed by atoms with Crippen LogP contribution in [-0.4, -0.2) is 27.7 Å². The summed E-state index contributed by atoms with van der Waals surface area (Å²) in [6, 6.07) is 3.66. The van der Waals surface area contributed by atoms with Gasteiger partial charge in [0, 0.05) is 12.0 Å². The molecule has 6 rings (SSSR count). The first-order valence-corrected chi connectivity index (χ1v) is 8.29. The quantitative estimate of drug-likeness (QED) is 0.767. The number of ketones is 1. The van der Waals surface area contributed by atoms with Crippen molar-refractivity contribution in [3.05, 3.63) is 23.3 Å². The smallest absolute Gasteiger partial charge is 0.174 e. The van der Waals surface area contributed by atoms with Gasteiger partial charge in [-0.2, -0.15) is 0 Å². The van der Waals surface area contributed by atoms with Crippen LogP contribution in [0.15, 0.2) is 12.1 Å². The SMILES string of the molecule is O=C1CC[C@@]2(O)[C@@H]3CCC34Cc3ccc(O)c5c3[C@@]2(C4)[C@H]1O5. The van der Waals surface area contributed by atoms with E-state index in [-0.39, 0.29) is 22.9 Å². The summed E-state index contributed by atoms with van der Waals surface area (Å²) in [5, 5.41) is 21.9. The molecule has 4 aliphatic carbocycles. The third kappa shape index (κ3) is 0.890. The molecule has 1 aromatic carbocycles. The summed E-state index contributed by atoms with van der Waals surface area (Å²) in [5.41, 5.74) is 0.830. The Morgan fingerprint density at radius 3 is 2.91 bits per heavy atom. The van der Waals surface area contributed by atoms with E-state index in [0.29, 0.717) is 18.6 Å². The molecule has 0 aromatic heterocycles. The van der Waals surface area contributed by atoms with Crippen LogP contribution in [0.25, 0.3) is 0 Å². The Balaban J connectivity index is 1.76. The molecule has 3 fully saturated rings. The molecule has 0 radical (unpaired) electrons. The molecule has 0 saturated heterocycles. The second-order valence-corrected chi connectivity index (χ2v) is 8.11. The van der Waals surface area contributed by atoms with E-state index in [4.69, 9.17) is 4.74 Å². The number of ether oxygens (including phenoxy) is 1. The number of Topliss-reactive ketones (excluding diaryl/α,β-unsaturated/α-hetero) is 1. The zero-order valence-electron chi connectivity index (χ0n) is 12.3. The summed E-state index contributed by atoms with van der Waals surface area (Å²) >= 11 is 0. The number of aromatic hydroxyl groups is 1. The number of carbonyl (C=O) groups is 1. The molecule has 22 heavy (non-hydrogen) atoms. The Labute approximate surface area is 128 Å². The number of fused-ring (bicyclic) bond motifs is 1. The van der Waals surface area contributed by atoms with Crippen LogP contribution < -0.4 is 4.74 Å². The van der Waals surface area contributed by atoms with Crippen LogP contribution in [0, 0.1) is 11.3 Å². The van der Waals surface area contributed by atoms with Crippen molar-refractivity contribution < 1.29 is 19.7 Å². The maximum Gasteiger partial charge on any atom is 0.174 e. The van der Waals surface area contributed by atoms with Gasteiger partial charge in [0.25, 0.3) is 0 Å². The average Bonchev–Trinajstić information content (AvgIpc) is 2.89. The number of aliphatic hydroxyl groups is 1. The lowest BCUT2D eigenvalue weighted by atomic mass is 9.56. The Morgan fingerprint density at radius 1 is 1.27 bits per heavy atom. The molecule has 4 nitrogen and oxygen atoms in total. The summed E-state index contributed by atoms with van der Waals surface area (Å²) in [5.74, 6) is 0.935. The monoisotopic (exact) mass is 298 g/mol. The Morgan fingerprint density at radius 2 is 2.14 bits per heavy atom. The second kappa shape index (κ2) is 3.07. The predicted octanol–water partition coefficient (Wildman–Crippen LogP) is 1.84. The highest BCUT2D eigenvalue weighted by atomic mass is 16.5. The highest BCUT2D eigenvalue weighted by molar-refractivity contribution is 5.90. The van der Waals surface area contributed by atoms with Crippen molar-refractivity contribution in [1.82, 2.24) is 0 Å². The Hall–Kier alpha value is -1.55. The van der Waals surface area contributed by atoms with E-state index in [1.165, 1.54) is 5.56 Å². The zero-order valence-corrected chi connectivity index (χ0v) is 12.3. The molecule has 1 heterocycles. The highest BCUT2D eigenvalue weighted by Crippen LogP contribution is 2.78. The minimum absolute atomic E-state index is 0.0876. The van der Waals surface area contributed by atoms with E-state index >= 15 is 0 Å². The molecule has 1 aliphatic heterocycles. The fourth-order valence-corrected chi connectivity index (χ4v) is 6.85. The predicted molar refractivity (Wildman–Crippen MR) is 76.9 cm³/mol. The Kier molecular flexibility index (Phi) is 1.67. The molecule has 5 atom stereocenters. The van der Waals surface area contributed by atoms with Gasteiger partial charge >= 0.3 is 0 Å². The van der Waals surface area contributed by atoms with Crippen LogP contribution in [0.5, 0.6) is 11.5 Å². The van der Waals surface area contributed by atoms with Crippen molar-refractivity contribution in [1.29, 1.82) is 0 Å². The van der Waals surface area contributed by atoms with Gasteiger partial charge in [-0.25, -0.2) is 0 Å². The molecule has 0 amide bonds. The zero-order chi connectivity index (χ0) is 14.9. The first-order valence-electron chi connectivity index (χ1n) is 8.29. The number of carbonyl (C=O) groups excluding carboxylic acids is 1. The molecule has 2 bridgehead atoms. The van der Waals surface area contributed by atoms with Crippen LogP contribution in [0.4, 0.5) is 0 Å². The first kappa shape index (κ1) is 11.9. The maximum absolute atomic E-state index is 12.6. The third-order valence-electron chi connectivity index (χ3n) is 7.59. The topological polar surface area (TPSA) is 66.8 Å². The lowest BCUT2D eigenvalue weighted by Crippen LogP contribution is -2.62. The summed E-state index contributed by atoms with van der Waals surface area (Å²) in [4.78, 5) is 12.6. The molecule has 3 saturated carbocycles. The van der Waals surface area contributed by atoms with Crippen LogP contribution in [0.3, 0.4) is 0 Å². The van der Waals surface area contributed by atoms with Crippen molar-refractivity contribution in [2.75, 3.05) is 0 Å². The summed E-state index contributed by atoms with van der Waals surface area (Å²) in [6.45, 7) is 0. The lowest BCUT2D eigenvalue weighted by Gasteiger charge is -2.50. The highest BCUT2D eigenvalue weighted by Gasteiger charge is 2.81. The lowest BCUT2D eigenvalue weighted by molar-refractivity contribution is -0.156. The molecule has 1 unspecified atom stereocenters. The molecular formula is C18H18O4. The van der Waals surface area contributed by atoms with Crippen LogP contribution in [0.2, 0.25) is 0 Å². The van der Waals surface area contributed by atoms with Gasteiger partial charge < -0.3 is 14.9 Å². The van der Waals surface area contributed by atoms with Gasteiger partial charge in [-0.1, -0.05) is 6.07 Å². The van der Waals surface area contributed by atoms with Crippen molar-refractivity contribution in [3.63, 3.8) is 0 Å². The summed E-state index contributed by atoms with van der Waals surface area (Å²) < 4.78 is 5.99. The Bertz CT molecular complexity index is 771. The van der Waals surface area contributed by atoms with Gasteiger partial charge in [-0.05, 0) is 55.1 Å². The minimum Gasteiger partial charge on any atom is -0.504 e. The summed E-state index contributed by atoms with van der Waals surface area (Å²) in [7, 11) is 0. The van der Waals surface area contributed by atoms with Crippen molar-refractivity contribution in [2.45, 2.75) is 55.6 Å². The number of rotatable bonds is 0. The second-order valence-electron chi connectivity index (χ2n) is 8.11. The standard InChI is InChI=1S/C18H18O4/c19-10-2-1-9-7-16-5-4-12(16)18(21)6-3-11(20)15-17(18,8-16)13(9)14(10)22-15/h1-2,12,15,19,21H,3-8H2/t12-,15+,16?,17+,18-/m1/s1. The largest absolute Gasteiger partial charge is 0.504 e. The summed E-state index contributed by atoms with van der Waals surface area (Å²) in [6.07, 6.45) is 4.32. The first-order chi connectivity index (χ1) is 10.5. The van der Waals surface area contributed by atoms with Crippen molar-refractivity contribution >= 4 is 5.78 Å². The molecular weight excluding hydrogens is 280 g/mol. The molecule has 2 spiro atoms. The number of benzene rings is 1. The van der Waals surface area contributed by atoms with Gasteiger partial charge in [0.2, 0.25) is 0 Å². The fraction of sp³-hybridized carbons (Fsp3) is 0.611. The molecule has 5 aliphatic rings. The average molecular weight is 298 g/mol. The molecule has 2 N–H and O–H groups in total. The molecule has 1 aromatic rings. The third-order valence-corrected chi connectivity index (χ3v) is 7.59. The van der Waals surface area contributed by atoms with Gasteiger partial charge in [-0.3, -0.25) is 4.79 Å². The number of phenolic OH excluding ortho intramolecular Hbond substituents is 1. The van der Waals surface area contributed by atoms with E-state index in [9.17, 15) is 15.0 Å².